The van der Waals surface area contributed by atoms with Crippen LogP contribution in [0.5, 0.6) is 0 Å². The molecule has 0 aliphatic heterocycles. The minimum Gasteiger partial charge on any atom is -0.382 e. The van der Waals surface area contributed by atoms with Crippen LogP contribution >= 0.6 is 27.3 Å². The van der Waals surface area contributed by atoms with Gasteiger partial charge in [-0.15, -0.1) is 0 Å². The minimum absolute atomic E-state index is 0.0492. The molecule has 2 amide bonds. The van der Waals surface area contributed by atoms with Gasteiger partial charge in [-0.3, -0.25) is 15.0 Å². The van der Waals surface area contributed by atoms with Gasteiger partial charge in [0.1, 0.15) is 16.5 Å². The number of amidine groups is 1. The predicted molar refractivity (Wildman–Crippen MR) is 96.3 cm³/mol. The smallest absolute Gasteiger partial charge is 0.257 e. The fraction of sp³-hybridized carbons (Fsp3) is 0.200. The first-order valence-corrected chi connectivity index (χ1v) is 8.78. The number of aromatic nitrogens is 1. The molecule has 7 nitrogen and oxygen atoms in total. The lowest BCUT2D eigenvalue weighted by molar-refractivity contribution is -0.117. The fourth-order valence-corrected chi connectivity index (χ4v) is 3.26. The van der Waals surface area contributed by atoms with Crippen LogP contribution in [0.1, 0.15) is 28.1 Å². The number of nitrogens with two attached hydrogens (primary N) is 1. The highest BCUT2D eigenvalue weighted by molar-refractivity contribution is 9.10. The quantitative estimate of drug-likeness (QED) is 0.459. The van der Waals surface area contributed by atoms with E-state index in [0.29, 0.717) is 20.0 Å². The van der Waals surface area contributed by atoms with E-state index in [2.05, 4.69) is 31.5 Å². The summed E-state index contributed by atoms with van der Waals surface area (Å²) in [6, 6.07) is 6.91. The van der Waals surface area contributed by atoms with Crippen LogP contribution in [0.2, 0.25) is 0 Å². The molecule has 2 aromatic rings. The molecule has 0 spiro atoms. The van der Waals surface area contributed by atoms with Crippen molar-refractivity contribution in [3.8, 4) is 0 Å². The molecule has 1 aromatic heterocycles. The van der Waals surface area contributed by atoms with Gasteiger partial charge in [-0.1, -0.05) is 23.5 Å². The Labute approximate surface area is 150 Å². The molecule has 24 heavy (non-hydrogen) atoms. The summed E-state index contributed by atoms with van der Waals surface area (Å²) in [6.45, 7) is 0. The van der Waals surface area contributed by atoms with E-state index in [1.807, 2.05) is 0 Å². The molecule has 0 bridgehead atoms. The Balaban J connectivity index is 1.70. The van der Waals surface area contributed by atoms with E-state index in [9.17, 15) is 9.59 Å². The van der Waals surface area contributed by atoms with Gasteiger partial charge < -0.3 is 16.4 Å². The third-order valence-corrected chi connectivity index (χ3v) is 5.11. The number of carbonyl (C=O) groups excluding carboxylic acids is 2. The molecule has 1 aliphatic carbocycles. The number of hydrogen-bond donors (Lipinski definition) is 4. The van der Waals surface area contributed by atoms with Crippen LogP contribution < -0.4 is 16.4 Å². The molecule has 3 rings (SSSR count). The van der Waals surface area contributed by atoms with Crippen LogP contribution in [0.15, 0.2) is 28.7 Å². The summed E-state index contributed by atoms with van der Waals surface area (Å²) < 4.78 is 0.630. The molecule has 1 saturated carbocycles. The second kappa shape index (κ2) is 6.70. The molecule has 1 fully saturated rings. The van der Waals surface area contributed by atoms with E-state index in [-0.39, 0.29) is 23.5 Å². The Hall–Kier alpha value is -2.26. The Kier molecular flexibility index (Phi) is 4.63. The van der Waals surface area contributed by atoms with Crippen molar-refractivity contribution < 1.29 is 9.59 Å². The van der Waals surface area contributed by atoms with Crippen LogP contribution in [0, 0.1) is 11.3 Å². The highest BCUT2D eigenvalue weighted by Gasteiger charge is 2.30. The van der Waals surface area contributed by atoms with Gasteiger partial charge in [0.2, 0.25) is 5.91 Å². The van der Waals surface area contributed by atoms with E-state index >= 15 is 0 Å². The van der Waals surface area contributed by atoms with Crippen molar-refractivity contribution in [1.82, 2.24) is 10.3 Å². The van der Waals surface area contributed by atoms with Gasteiger partial charge in [0, 0.05) is 10.4 Å². The topological polar surface area (TPSA) is 121 Å². The van der Waals surface area contributed by atoms with E-state index in [1.165, 1.54) is 0 Å². The normalized spacial score (nSPS) is 13.4. The van der Waals surface area contributed by atoms with Crippen molar-refractivity contribution in [2.24, 2.45) is 5.92 Å². The number of rotatable bonds is 4. The number of benzene rings is 1. The monoisotopic (exact) mass is 407 g/mol. The first-order valence-electron chi connectivity index (χ1n) is 7.17. The third kappa shape index (κ3) is 3.62. The van der Waals surface area contributed by atoms with Crippen molar-refractivity contribution in [2.45, 2.75) is 12.8 Å². The second-order valence-electron chi connectivity index (χ2n) is 5.31. The Bertz CT molecular complexity index is 831. The standard InChI is InChI=1S/C15H14BrN5O2S/c16-9-4-2-1-3-8(9)14(23)19-11(17)10-12(18)20-15(24-10)21-13(22)7-5-6-7/h1-4,7H,5-6,18H2,(H2,17,19,23)(H,20,21,22). The molecule has 5 N–H and O–H groups in total. The van der Waals surface area contributed by atoms with Crippen LogP contribution in [-0.4, -0.2) is 22.6 Å². The van der Waals surface area contributed by atoms with E-state index < -0.39 is 5.91 Å². The lowest BCUT2D eigenvalue weighted by Gasteiger charge is -2.06. The molecule has 9 heteroatoms. The lowest BCUT2D eigenvalue weighted by Crippen LogP contribution is -2.30. The van der Waals surface area contributed by atoms with Crippen LogP contribution in [0.25, 0.3) is 0 Å². The second-order valence-corrected chi connectivity index (χ2v) is 7.16. The number of thiazole rings is 1. The lowest BCUT2D eigenvalue weighted by atomic mass is 10.2. The molecule has 0 atom stereocenters. The summed E-state index contributed by atoms with van der Waals surface area (Å²) in [4.78, 5) is 28.3. The maximum absolute atomic E-state index is 12.2. The summed E-state index contributed by atoms with van der Waals surface area (Å²) in [7, 11) is 0. The molecule has 0 radical (unpaired) electrons. The molecule has 1 aliphatic rings. The van der Waals surface area contributed by atoms with Crippen LogP contribution in [0.4, 0.5) is 10.9 Å². The molecule has 1 heterocycles. The summed E-state index contributed by atoms with van der Waals surface area (Å²) in [5.74, 6) is -0.516. The highest BCUT2D eigenvalue weighted by atomic mass is 79.9. The summed E-state index contributed by atoms with van der Waals surface area (Å²) in [5.41, 5.74) is 6.21. The molecule has 1 aromatic carbocycles. The Morgan fingerprint density at radius 3 is 2.71 bits per heavy atom. The van der Waals surface area contributed by atoms with Crippen molar-refractivity contribution in [2.75, 3.05) is 11.1 Å². The van der Waals surface area contributed by atoms with Gasteiger partial charge in [0.25, 0.3) is 5.91 Å². The highest BCUT2D eigenvalue weighted by Crippen LogP contribution is 2.32. The maximum atomic E-state index is 12.2. The largest absolute Gasteiger partial charge is 0.382 e. The fourth-order valence-electron chi connectivity index (χ4n) is 2.00. The molecule has 0 unspecified atom stereocenters. The van der Waals surface area contributed by atoms with Gasteiger partial charge >= 0.3 is 0 Å². The molecular weight excluding hydrogens is 394 g/mol. The summed E-state index contributed by atoms with van der Waals surface area (Å²) in [6.07, 6.45) is 1.77. The predicted octanol–water partition coefficient (Wildman–Crippen LogP) is 2.59. The molecule has 0 saturated heterocycles. The number of amides is 2. The zero-order valence-corrected chi connectivity index (χ0v) is 14.8. The maximum Gasteiger partial charge on any atom is 0.257 e. The molecular formula is C15H14BrN5O2S. The Morgan fingerprint density at radius 2 is 2.04 bits per heavy atom. The van der Waals surface area contributed by atoms with Crippen molar-refractivity contribution in [1.29, 1.82) is 5.41 Å². The SMILES string of the molecule is N=C(NC(=O)c1ccccc1Br)c1sc(NC(=O)C2CC2)nc1N. The van der Waals surface area contributed by atoms with E-state index in [1.54, 1.807) is 24.3 Å². The average Bonchev–Trinajstić information content (AvgIpc) is 3.32. The van der Waals surface area contributed by atoms with Gasteiger partial charge in [0.15, 0.2) is 5.13 Å². The third-order valence-electron chi connectivity index (χ3n) is 3.42. The van der Waals surface area contributed by atoms with Crippen LogP contribution in [-0.2, 0) is 4.79 Å². The minimum atomic E-state index is -0.427. The average molecular weight is 408 g/mol. The van der Waals surface area contributed by atoms with Crippen molar-refractivity contribution >= 4 is 55.9 Å². The molecule has 124 valence electrons. The Morgan fingerprint density at radius 1 is 1.33 bits per heavy atom. The van der Waals surface area contributed by atoms with Crippen LogP contribution in [0.3, 0.4) is 0 Å². The summed E-state index contributed by atoms with van der Waals surface area (Å²) in [5, 5.41) is 13.6. The number of anilines is 2. The van der Waals surface area contributed by atoms with Gasteiger partial charge in [0.05, 0.1) is 5.56 Å². The first kappa shape index (κ1) is 16.6. The number of nitrogens with one attached hydrogen (secondary N) is 3. The van der Waals surface area contributed by atoms with Gasteiger partial charge in [-0.2, -0.15) is 0 Å². The van der Waals surface area contributed by atoms with Gasteiger partial charge in [-0.25, -0.2) is 4.98 Å². The van der Waals surface area contributed by atoms with Crippen molar-refractivity contribution in [3.05, 3.63) is 39.2 Å². The zero-order valence-electron chi connectivity index (χ0n) is 12.4. The number of hydrogen-bond acceptors (Lipinski definition) is 6. The summed E-state index contributed by atoms with van der Waals surface area (Å²) >= 11 is 4.36. The van der Waals surface area contributed by atoms with Gasteiger partial charge in [-0.05, 0) is 40.9 Å². The van der Waals surface area contributed by atoms with Crippen molar-refractivity contribution in [3.63, 3.8) is 0 Å². The van der Waals surface area contributed by atoms with E-state index in [0.717, 1.165) is 24.2 Å². The number of nitrogen functional groups attached to an aromatic ring is 1. The number of carbonyl (C=O) groups is 2. The zero-order chi connectivity index (χ0) is 17.3. The number of nitrogens with zero attached hydrogens (tertiary/aromatic N) is 1. The number of halogens is 1. The van der Waals surface area contributed by atoms with E-state index in [4.69, 9.17) is 11.1 Å². The first-order chi connectivity index (χ1) is 11.5.